The van der Waals surface area contributed by atoms with Gasteiger partial charge < -0.3 is 5.32 Å². The van der Waals surface area contributed by atoms with Gasteiger partial charge in [0.25, 0.3) is 5.91 Å². The second kappa shape index (κ2) is 8.89. The lowest BCUT2D eigenvalue weighted by molar-refractivity contribution is 0.102. The molecule has 0 atom stereocenters. The van der Waals surface area contributed by atoms with E-state index in [2.05, 4.69) is 31.1 Å². The number of aromatic nitrogens is 1. The molecule has 0 aliphatic heterocycles. The smallest absolute Gasteiger partial charge is 0.259 e. The Hall–Kier alpha value is -2.17. The fraction of sp³-hybridized carbons (Fsp3) is 0.478. The van der Waals surface area contributed by atoms with Crippen LogP contribution >= 0.6 is 0 Å². The summed E-state index contributed by atoms with van der Waals surface area (Å²) in [6.45, 7) is 6.66. The van der Waals surface area contributed by atoms with Crippen LogP contribution in [-0.2, 0) is 6.42 Å². The van der Waals surface area contributed by atoms with E-state index in [1.165, 1.54) is 24.5 Å². The van der Waals surface area contributed by atoms with Crippen LogP contribution < -0.4 is 10.8 Å². The van der Waals surface area contributed by atoms with Crippen LogP contribution in [0.3, 0.4) is 0 Å². The maximum absolute atomic E-state index is 14.4. The number of hydrogen-bond acceptors (Lipinski definition) is 2. The number of halogens is 1. The van der Waals surface area contributed by atoms with E-state index in [4.69, 9.17) is 0 Å². The van der Waals surface area contributed by atoms with Crippen molar-refractivity contribution in [1.82, 2.24) is 4.98 Å². The van der Waals surface area contributed by atoms with Crippen molar-refractivity contribution in [3.05, 3.63) is 53.5 Å². The number of carbonyl (C=O) groups is 1. The molecule has 1 saturated carbocycles. The number of benzene rings is 1. The molecule has 1 aliphatic carbocycles. The standard InChI is InChI=1S/C23H29BFN2O/c1-4-23(2,3)11-12-24-18-8-9-19(20(25)14-18)22(28)27-21-10-7-17(15-26-21)13-16-5-6-16/h7-10,14-16H,4-6,11-13H2,1-3H3,(H,26,27,28). The highest BCUT2D eigenvalue weighted by molar-refractivity contribution is 6.53. The van der Waals surface area contributed by atoms with Crippen molar-refractivity contribution in [3.63, 3.8) is 0 Å². The van der Waals surface area contributed by atoms with Crippen LogP contribution in [0.4, 0.5) is 10.2 Å². The summed E-state index contributed by atoms with van der Waals surface area (Å²) in [5.74, 6) is 0.256. The summed E-state index contributed by atoms with van der Waals surface area (Å²) in [7, 11) is 2.03. The third kappa shape index (κ3) is 5.92. The van der Waals surface area contributed by atoms with Crippen LogP contribution in [0, 0.1) is 17.2 Å². The third-order valence-corrected chi connectivity index (χ3v) is 5.68. The van der Waals surface area contributed by atoms with Crippen molar-refractivity contribution in [1.29, 1.82) is 0 Å². The maximum Gasteiger partial charge on any atom is 0.259 e. The van der Waals surface area contributed by atoms with Crippen molar-refractivity contribution in [2.45, 2.75) is 59.2 Å². The molecule has 5 heteroatoms. The lowest BCUT2D eigenvalue weighted by atomic mass is 9.63. The van der Waals surface area contributed by atoms with E-state index in [-0.39, 0.29) is 11.0 Å². The predicted octanol–water partition coefficient (Wildman–Crippen LogP) is 5.00. The Morgan fingerprint density at radius 3 is 2.68 bits per heavy atom. The molecule has 0 saturated heterocycles. The molecular weight excluding hydrogens is 350 g/mol. The summed E-state index contributed by atoms with van der Waals surface area (Å²) in [5.41, 5.74) is 2.31. The average molecular weight is 379 g/mol. The Morgan fingerprint density at radius 1 is 1.29 bits per heavy atom. The van der Waals surface area contributed by atoms with Gasteiger partial charge in [-0.25, -0.2) is 9.37 Å². The fourth-order valence-corrected chi connectivity index (χ4v) is 3.11. The van der Waals surface area contributed by atoms with E-state index >= 15 is 0 Å². The van der Waals surface area contributed by atoms with Gasteiger partial charge in [-0.3, -0.25) is 4.79 Å². The number of nitrogens with zero attached hydrogens (tertiary/aromatic N) is 1. The summed E-state index contributed by atoms with van der Waals surface area (Å²) in [6.07, 6.45) is 8.48. The van der Waals surface area contributed by atoms with Gasteiger partial charge in [0.15, 0.2) is 7.28 Å². The molecule has 1 fully saturated rings. The van der Waals surface area contributed by atoms with Gasteiger partial charge in [0, 0.05) is 6.20 Å². The molecule has 1 amide bonds. The first kappa shape index (κ1) is 20.6. The summed E-state index contributed by atoms with van der Waals surface area (Å²) in [5, 5.41) is 2.69. The molecule has 0 unspecified atom stereocenters. The van der Waals surface area contributed by atoms with Gasteiger partial charge >= 0.3 is 0 Å². The van der Waals surface area contributed by atoms with Gasteiger partial charge in [-0.05, 0) is 54.4 Å². The van der Waals surface area contributed by atoms with Crippen LogP contribution in [0.15, 0.2) is 36.5 Å². The first-order valence-electron chi connectivity index (χ1n) is 10.3. The van der Waals surface area contributed by atoms with Gasteiger partial charge in [0.2, 0.25) is 0 Å². The minimum atomic E-state index is -0.508. The Balaban J connectivity index is 1.55. The highest BCUT2D eigenvalue weighted by Gasteiger charge is 2.21. The first-order chi connectivity index (χ1) is 13.4. The van der Waals surface area contributed by atoms with Crippen LogP contribution in [0.2, 0.25) is 6.32 Å². The molecule has 147 valence electrons. The third-order valence-electron chi connectivity index (χ3n) is 5.68. The van der Waals surface area contributed by atoms with Crippen molar-refractivity contribution in [2.75, 3.05) is 5.32 Å². The second-order valence-electron chi connectivity index (χ2n) is 8.65. The number of amides is 1. The highest BCUT2D eigenvalue weighted by atomic mass is 19.1. The Morgan fingerprint density at radius 2 is 2.07 bits per heavy atom. The molecule has 1 aromatic heterocycles. The van der Waals surface area contributed by atoms with Crippen molar-refractivity contribution in [2.24, 2.45) is 11.3 Å². The summed E-state index contributed by atoms with van der Waals surface area (Å²) >= 11 is 0. The SMILES string of the molecule is CCC(C)(C)CC[B]c1ccc(C(=O)Nc2ccc(CC3CC3)cn2)c(F)c1. The number of hydrogen-bond donors (Lipinski definition) is 1. The first-order valence-corrected chi connectivity index (χ1v) is 10.3. The van der Waals surface area contributed by atoms with E-state index in [9.17, 15) is 9.18 Å². The fourth-order valence-electron chi connectivity index (χ4n) is 3.11. The Bertz CT molecular complexity index is 816. The topological polar surface area (TPSA) is 42.0 Å². The monoisotopic (exact) mass is 379 g/mol. The summed E-state index contributed by atoms with van der Waals surface area (Å²) in [6, 6.07) is 8.53. The van der Waals surface area contributed by atoms with Crippen LogP contribution in [0.25, 0.3) is 0 Å². The molecule has 3 rings (SSSR count). The molecule has 1 aliphatic rings. The van der Waals surface area contributed by atoms with E-state index < -0.39 is 11.7 Å². The number of nitrogens with one attached hydrogen (secondary N) is 1. The van der Waals surface area contributed by atoms with Gasteiger partial charge in [-0.15, -0.1) is 0 Å². The molecule has 1 aromatic carbocycles. The minimum Gasteiger partial charge on any atom is -0.306 e. The van der Waals surface area contributed by atoms with Gasteiger partial charge in [0.1, 0.15) is 11.6 Å². The number of carbonyl (C=O) groups excluding carboxylic acids is 1. The van der Waals surface area contributed by atoms with Crippen LogP contribution in [-0.4, -0.2) is 18.2 Å². The minimum absolute atomic E-state index is 0.0369. The van der Waals surface area contributed by atoms with Gasteiger partial charge in [-0.1, -0.05) is 57.5 Å². The largest absolute Gasteiger partial charge is 0.306 e. The molecule has 1 radical (unpaired) electrons. The van der Waals surface area contributed by atoms with Crippen molar-refractivity contribution < 1.29 is 9.18 Å². The van der Waals surface area contributed by atoms with Crippen molar-refractivity contribution in [3.8, 4) is 0 Å². The van der Waals surface area contributed by atoms with E-state index in [1.807, 2.05) is 13.3 Å². The van der Waals surface area contributed by atoms with E-state index in [1.54, 1.807) is 24.4 Å². The molecule has 1 N–H and O–H groups in total. The number of anilines is 1. The Kier molecular flexibility index (Phi) is 6.53. The van der Waals surface area contributed by atoms with Crippen LogP contribution in [0.1, 0.15) is 62.4 Å². The van der Waals surface area contributed by atoms with Crippen molar-refractivity contribution >= 4 is 24.5 Å². The number of rotatable bonds is 9. The number of pyridine rings is 1. The Labute approximate surface area is 168 Å². The molecule has 0 bridgehead atoms. The average Bonchev–Trinajstić information content (AvgIpc) is 3.47. The molecule has 2 aromatic rings. The molecule has 3 nitrogen and oxygen atoms in total. The predicted molar refractivity (Wildman–Crippen MR) is 114 cm³/mol. The highest BCUT2D eigenvalue weighted by Crippen LogP contribution is 2.32. The summed E-state index contributed by atoms with van der Waals surface area (Å²) in [4.78, 5) is 16.7. The van der Waals surface area contributed by atoms with Gasteiger partial charge in [-0.2, -0.15) is 0 Å². The zero-order valence-corrected chi connectivity index (χ0v) is 17.1. The van der Waals surface area contributed by atoms with Gasteiger partial charge in [0.05, 0.1) is 5.56 Å². The quantitative estimate of drug-likeness (QED) is 0.623. The van der Waals surface area contributed by atoms with Crippen LogP contribution in [0.5, 0.6) is 0 Å². The molecular formula is C23H29BFN2O. The van der Waals surface area contributed by atoms with E-state index in [0.717, 1.165) is 37.0 Å². The zero-order chi connectivity index (χ0) is 20.1. The lowest BCUT2D eigenvalue weighted by Crippen LogP contribution is -2.21. The maximum atomic E-state index is 14.4. The lowest BCUT2D eigenvalue weighted by Gasteiger charge is -2.22. The zero-order valence-electron chi connectivity index (χ0n) is 17.1. The van der Waals surface area contributed by atoms with E-state index in [0.29, 0.717) is 5.82 Å². The normalized spacial score (nSPS) is 14.0. The molecule has 1 heterocycles. The second-order valence-corrected chi connectivity index (χ2v) is 8.65. The summed E-state index contributed by atoms with van der Waals surface area (Å²) < 4.78 is 14.4. The molecule has 28 heavy (non-hydrogen) atoms. The molecule has 0 spiro atoms.